The maximum Gasteiger partial charge on any atom is 0.135 e. The number of piperidine rings is 1. The van der Waals surface area contributed by atoms with Crippen LogP contribution in [0.4, 0.5) is 8.78 Å². The zero-order valence-corrected chi connectivity index (χ0v) is 14.8. The quantitative estimate of drug-likeness (QED) is 0.873. The molecule has 0 saturated carbocycles. The van der Waals surface area contributed by atoms with Gasteiger partial charge in [0.05, 0.1) is 17.5 Å². The van der Waals surface area contributed by atoms with Gasteiger partial charge in [0.15, 0.2) is 0 Å². The van der Waals surface area contributed by atoms with Gasteiger partial charge in [-0.3, -0.25) is 10.00 Å². The van der Waals surface area contributed by atoms with E-state index >= 15 is 0 Å². The summed E-state index contributed by atoms with van der Waals surface area (Å²) in [6, 6.07) is 3.94. The second-order valence-corrected chi connectivity index (χ2v) is 7.08. The molecule has 0 atom stereocenters. The summed E-state index contributed by atoms with van der Waals surface area (Å²) in [5, 5.41) is 10.2. The highest BCUT2D eigenvalue weighted by molar-refractivity contribution is 5.85. The molecular weight excluding hydrogens is 346 g/mol. The fourth-order valence-electron chi connectivity index (χ4n) is 4.15. The van der Waals surface area contributed by atoms with Gasteiger partial charge in [-0.15, -0.1) is 12.4 Å². The number of aromatic nitrogens is 2. The summed E-state index contributed by atoms with van der Waals surface area (Å²) in [7, 11) is 0. The molecule has 2 aliphatic rings. The Labute approximate surface area is 152 Å². The van der Waals surface area contributed by atoms with Crippen molar-refractivity contribution in [3.63, 3.8) is 0 Å². The summed E-state index contributed by atoms with van der Waals surface area (Å²) in [6.45, 7) is 4.94. The van der Waals surface area contributed by atoms with Crippen LogP contribution in [-0.4, -0.2) is 41.3 Å². The standard InChI is InChI=1S/C18H22F2N4.ClH/c19-14-2-1-3-15(20)16(14)17-13(10-22-23-17)11-24-9-6-18(12-24)4-7-21-8-5-18;/h1-3,10,21H,4-9,11-12H2,(H,22,23);1H. The molecule has 1 aromatic carbocycles. The van der Waals surface area contributed by atoms with E-state index in [0.717, 1.165) is 31.7 Å². The third-order valence-electron chi connectivity index (χ3n) is 5.51. The summed E-state index contributed by atoms with van der Waals surface area (Å²) >= 11 is 0. The number of halogens is 3. The second-order valence-electron chi connectivity index (χ2n) is 7.08. The van der Waals surface area contributed by atoms with Gasteiger partial charge in [0, 0.05) is 18.7 Å². The van der Waals surface area contributed by atoms with E-state index in [4.69, 9.17) is 0 Å². The molecular formula is C18H23ClF2N4. The summed E-state index contributed by atoms with van der Waals surface area (Å²) in [5.41, 5.74) is 1.71. The van der Waals surface area contributed by atoms with Gasteiger partial charge in [-0.2, -0.15) is 5.10 Å². The first-order chi connectivity index (χ1) is 11.7. The number of H-pyrrole nitrogens is 1. The van der Waals surface area contributed by atoms with Gasteiger partial charge in [-0.1, -0.05) is 6.07 Å². The fraction of sp³-hybridized carbons (Fsp3) is 0.500. The second kappa shape index (κ2) is 7.40. The Hall–Kier alpha value is -1.50. The maximum atomic E-state index is 14.1. The highest BCUT2D eigenvalue weighted by Gasteiger charge is 2.38. The van der Waals surface area contributed by atoms with E-state index in [2.05, 4.69) is 20.4 Å². The van der Waals surface area contributed by atoms with Crippen molar-refractivity contribution in [2.75, 3.05) is 26.2 Å². The molecule has 2 fully saturated rings. The molecule has 2 aromatic rings. The van der Waals surface area contributed by atoms with Crippen molar-refractivity contribution < 1.29 is 8.78 Å². The lowest BCUT2D eigenvalue weighted by molar-refractivity contribution is 0.194. The lowest BCUT2D eigenvalue weighted by Crippen LogP contribution is -2.38. The molecule has 1 spiro atoms. The highest BCUT2D eigenvalue weighted by Crippen LogP contribution is 2.39. The molecule has 0 bridgehead atoms. The molecule has 136 valence electrons. The van der Waals surface area contributed by atoms with Crippen LogP contribution in [0.5, 0.6) is 0 Å². The van der Waals surface area contributed by atoms with Crippen LogP contribution in [0.1, 0.15) is 24.8 Å². The van der Waals surface area contributed by atoms with E-state index in [1.54, 1.807) is 6.20 Å². The van der Waals surface area contributed by atoms with Crippen LogP contribution in [-0.2, 0) is 6.54 Å². The number of benzene rings is 1. The summed E-state index contributed by atoms with van der Waals surface area (Å²) in [6.07, 6.45) is 5.32. The predicted molar refractivity (Wildman–Crippen MR) is 95.6 cm³/mol. The Morgan fingerprint density at radius 1 is 1.12 bits per heavy atom. The molecule has 2 N–H and O–H groups in total. The van der Waals surface area contributed by atoms with Crippen LogP contribution in [0.3, 0.4) is 0 Å². The third kappa shape index (κ3) is 3.57. The predicted octanol–water partition coefficient (Wildman–Crippen LogP) is 3.35. The van der Waals surface area contributed by atoms with Gasteiger partial charge in [0.25, 0.3) is 0 Å². The molecule has 7 heteroatoms. The van der Waals surface area contributed by atoms with Gasteiger partial charge in [-0.25, -0.2) is 8.78 Å². The maximum absolute atomic E-state index is 14.1. The van der Waals surface area contributed by atoms with Crippen molar-refractivity contribution in [1.29, 1.82) is 0 Å². The first kappa shape index (κ1) is 18.3. The molecule has 0 unspecified atom stereocenters. The highest BCUT2D eigenvalue weighted by atomic mass is 35.5. The van der Waals surface area contributed by atoms with Crippen LogP contribution in [0, 0.1) is 17.0 Å². The number of likely N-dealkylation sites (tertiary alicyclic amines) is 1. The van der Waals surface area contributed by atoms with Gasteiger partial charge < -0.3 is 5.32 Å². The largest absolute Gasteiger partial charge is 0.317 e. The number of nitrogens with zero attached hydrogens (tertiary/aromatic N) is 2. The Balaban J connectivity index is 0.00000182. The minimum absolute atomic E-state index is 0. The van der Waals surface area contributed by atoms with Crippen LogP contribution < -0.4 is 5.32 Å². The number of rotatable bonds is 3. The molecule has 1 aromatic heterocycles. The summed E-state index contributed by atoms with van der Waals surface area (Å²) < 4.78 is 28.2. The Morgan fingerprint density at radius 3 is 2.56 bits per heavy atom. The Bertz CT molecular complexity index is 707. The molecule has 4 rings (SSSR count). The van der Waals surface area contributed by atoms with Crippen LogP contribution in [0.2, 0.25) is 0 Å². The topological polar surface area (TPSA) is 44.0 Å². The van der Waals surface area contributed by atoms with Crippen molar-refractivity contribution in [2.45, 2.75) is 25.8 Å². The average Bonchev–Trinajstić information content (AvgIpc) is 3.17. The smallest absolute Gasteiger partial charge is 0.135 e. The zero-order chi connectivity index (χ0) is 16.6. The van der Waals surface area contributed by atoms with E-state index in [9.17, 15) is 8.78 Å². The monoisotopic (exact) mass is 368 g/mol. The minimum atomic E-state index is -0.559. The number of aromatic amines is 1. The zero-order valence-electron chi connectivity index (χ0n) is 14.0. The van der Waals surface area contributed by atoms with E-state index in [1.807, 2.05) is 0 Å². The molecule has 25 heavy (non-hydrogen) atoms. The van der Waals surface area contributed by atoms with E-state index in [-0.39, 0.29) is 18.0 Å². The van der Waals surface area contributed by atoms with E-state index < -0.39 is 11.6 Å². The lowest BCUT2D eigenvalue weighted by atomic mass is 9.78. The van der Waals surface area contributed by atoms with Crippen molar-refractivity contribution in [3.05, 3.63) is 41.6 Å². The van der Waals surface area contributed by atoms with Crippen molar-refractivity contribution in [1.82, 2.24) is 20.4 Å². The Kier molecular flexibility index (Phi) is 5.41. The summed E-state index contributed by atoms with van der Waals surface area (Å²) in [4.78, 5) is 2.39. The van der Waals surface area contributed by atoms with E-state index in [1.165, 1.54) is 37.5 Å². The van der Waals surface area contributed by atoms with Crippen molar-refractivity contribution >= 4 is 12.4 Å². The molecule has 0 amide bonds. The first-order valence-electron chi connectivity index (χ1n) is 8.57. The normalized spacial score (nSPS) is 19.9. The summed E-state index contributed by atoms with van der Waals surface area (Å²) in [5.74, 6) is -1.12. The van der Waals surface area contributed by atoms with Crippen LogP contribution in [0.15, 0.2) is 24.4 Å². The van der Waals surface area contributed by atoms with Crippen molar-refractivity contribution in [3.8, 4) is 11.3 Å². The lowest BCUT2D eigenvalue weighted by Gasteiger charge is -2.33. The minimum Gasteiger partial charge on any atom is -0.317 e. The SMILES string of the molecule is Cl.Fc1cccc(F)c1-c1[nH]ncc1CN1CCC2(CCNCC2)C1. The van der Waals surface area contributed by atoms with Gasteiger partial charge in [0.1, 0.15) is 11.6 Å². The van der Waals surface area contributed by atoms with Crippen LogP contribution in [0.25, 0.3) is 11.3 Å². The van der Waals surface area contributed by atoms with Crippen LogP contribution >= 0.6 is 12.4 Å². The van der Waals surface area contributed by atoms with E-state index in [0.29, 0.717) is 17.7 Å². The molecule has 3 heterocycles. The number of hydrogen-bond acceptors (Lipinski definition) is 3. The van der Waals surface area contributed by atoms with Crippen molar-refractivity contribution in [2.24, 2.45) is 5.41 Å². The molecule has 4 nitrogen and oxygen atoms in total. The van der Waals surface area contributed by atoms with Gasteiger partial charge in [0.2, 0.25) is 0 Å². The van der Waals surface area contributed by atoms with Gasteiger partial charge in [-0.05, 0) is 56.4 Å². The molecule has 0 aliphatic carbocycles. The number of nitrogens with one attached hydrogen (secondary N) is 2. The number of hydrogen-bond donors (Lipinski definition) is 2. The molecule has 2 saturated heterocycles. The molecule has 0 radical (unpaired) electrons. The average molecular weight is 369 g/mol. The van der Waals surface area contributed by atoms with Gasteiger partial charge >= 0.3 is 0 Å². The third-order valence-corrected chi connectivity index (χ3v) is 5.51. The fourth-order valence-corrected chi connectivity index (χ4v) is 4.15. The first-order valence-corrected chi connectivity index (χ1v) is 8.57. The molecule has 2 aliphatic heterocycles. The Morgan fingerprint density at radius 2 is 1.84 bits per heavy atom.